The molecule has 1 fully saturated rings. The minimum absolute atomic E-state index is 0.0798. The van der Waals surface area contributed by atoms with Crippen molar-refractivity contribution >= 4 is 40.8 Å². The van der Waals surface area contributed by atoms with Crippen LogP contribution < -0.4 is 20.3 Å². The Hall–Kier alpha value is -3.06. The average Bonchev–Trinajstić information content (AvgIpc) is 2.65. The minimum Gasteiger partial charge on any atom is -0.497 e. The van der Waals surface area contributed by atoms with Crippen molar-refractivity contribution in [2.24, 2.45) is 5.92 Å². The third kappa shape index (κ3) is 3.73. The molecule has 0 saturated carbocycles. The number of nitrogens with one attached hydrogen (secondary N) is 2. The number of hydrogen-bond donors (Lipinski definition) is 2. The minimum atomic E-state index is -1.06. The van der Waals surface area contributed by atoms with Gasteiger partial charge in [-0.2, -0.15) is 0 Å². The molecule has 27 heavy (non-hydrogen) atoms. The molecule has 1 heterocycles. The second kappa shape index (κ2) is 7.67. The summed E-state index contributed by atoms with van der Waals surface area (Å²) in [5.74, 6) is -1.69. The number of methoxy groups -OCH3 is 1. The van der Waals surface area contributed by atoms with Crippen molar-refractivity contribution in [2.45, 2.75) is 6.92 Å². The topological polar surface area (TPSA) is 87.7 Å². The molecular formula is C19H18ClN3O4. The van der Waals surface area contributed by atoms with Gasteiger partial charge in [0.15, 0.2) is 0 Å². The van der Waals surface area contributed by atoms with E-state index in [0.29, 0.717) is 27.7 Å². The Labute approximate surface area is 161 Å². The molecule has 0 radical (unpaired) electrons. The summed E-state index contributed by atoms with van der Waals surface area (Å²) in [6.07, 6.45) is 0. The molecule has 1 unspecified atom stereocenters. The van der Waals surface area contributed by atoms with Crippen LogP contribution in [0.25, 0.3) is 0 Å². The van der Waals surface area contributed by atoms with E-state index in [9.17, 15) is 14.4 Å². The molecule has 0 aliphatic carbocycles. The van der Waals surface area contributed by atoms with Gasteiger partial charge < -0.3 is 15.4 Å². The van der Waals surface area contributed by atoms with Gasteiger partial charge in [0.2, 0.25) is 11.8 Å². The van der Waals surface area contributed by atoms with Crippen LogP contribution in [0.5, 0.6) is 5.75 Å². The Kier molecular flexibility index (Phi) is 5.32. The van der Waals surface area contributed by atoms with E-state index in [1.165, 1.54) is 7.11 Å². The maximum absolute atomic E-state index is 12.9. The molecule has 1 atom stereocenters. The van der Waals surface area contributed by atoms with Crippen molar-refractivity contribution in [1.82, 2.24) is 5.32 Å². The largest absolute Gasteiger partial charge is 0.497 e. The fourth-order valence-corrected chi connectivity index (χ4v) is 2.95. The van der Waals surface area contributed by atoms with Crippen molar-refractivity contribution in [1.29, 1.82) is 0 Å². The highest BCUT2D eigenvalue weighted by Gasteiger charge is 2.39. The molecule has 3 rings (SSSR count). The normalized spacial score (nSPS) is 16.7. The number of carbonyl (C=O) groups excluding carboxylic acids is 3. The molecule has 2 N–H and O–H groups in total. The van der Waals surface area contributed by atoms with Crippen LogP contribution in [0.2, 0.25) is 5.02 Å². The van der Waals surface area contributed by atoms with Crippen LogP contribution in [0.4, 0.5) is 16.2 Å². The summed E-state index contributed by atoms with van der Waals surface area (Å²) in [7, 11) is 1.49. The van der Waals surface area contributed by atoms with Gasteiger partial charge in [-0.15, -0.1) is 0 Å². The van der Waals surface area contributed by atoms with E-state index in [2.05, 4.69) is 10.6 Å². The van der Waals surface area contributed by atoms with Crippen molar-refractivity contribution in [3.8, 4) is 5.75 Å². The van der Waals surface area contributed by atoms with Crippen molar-refractivity contribution in [2.75, 3.05) is 23.9 Å². The fourth-order valence-electron chi connectivity index (χ4n) is 2.77. The molecule has 7 nitrogen and oxygen atoms in total. The smallest absolute Gasteiger partial charge is 0.328 e. The lowest BCUT2D eigenvalue weighted by Crippen LogP contribution is -2.58. The number of amides is 4. The van der Waals surface area contributed by atoms with Crippen molar-refractivity contribution < 1.29 is 19.1 Å². The molecule has 2 aromatic rings. The predicted molar refractivity (Wildman–Crippen MR) is 102 cm³/mol. The van der Waals surface area contributed by atoms with Crippen LogP contribution in [-0.4, -0.2) is 31.5 Å². The van der Waals surface area contributed by atoms with Gasteiger partial charge in [0.05, 0.1) is 12.8 Å². The maximum atomic E-state index is 12.9. The molecule has 4 amide bonds. The summed E-state index contributed by atoms with van der Waals surface area (Å²) in [5, 5.41) is 5.80. The first kappa shape index (κ1) is 18.7. The quantitative estimate of drug-likeness (QED) is 0.789. The Morgan fingerprint density at radius 1 is 1.26 bits per heavy atom. The number of nitrogens with zero attached hydrogens (tertiary/aromatic N) is 1. The Balaban J connectivity index is 1.84. The van der Waals surface area contributed by atoms with Gasteiger partial charge in [0.25, 0.3) is 0 Å². The molecule has 0 spiro atoms. The van der Waals surface area contributed by atoms with E-state index in [-0.39, 0.29) is 6.54 Å². The van der Waals surface area contributed by atoms with Gasteiger partial charge >= 0.3 is 6.03 Å². The van der Waals surface area contributed by atoms with Gasteiger partial charge in [0.1, 0.15) is 11.7 Å². The van der Waals surface area contributed by atoms with Gasteiger partial charge in [0, 0.05) is 23.3 Å². The number of benzene rings is 2. The predicted octanol–water partition coefficient (Wildman–Crippen LogP) is 2.97. The monoisotopic (exact) mass is 387 g/mol. The van der Waals surface area contributed by atoms with Crippen LogP contribution in [0.1, 0.15) is 5.56 Å². The molecule has 140 valence electrons. The van der Waals surface area contributed by atoms with Gasteiger partial charge in [-0.05, 0) is 36.8 Å². The molecule has 8 heteroatoms. The van der Waals surface area contributed by atoms with E-state index in [1.54, 1.807) is 49.4 Å². The van der Waals surface area contributed by atoms with Gasteiger partial charge in [-0.1, -0.05) is 23.7 Å². The van der Waals surface area contributed by atoms with Gasteiger partial charge in [-0.25, -0.2) is 9.69 Å². The highest BCUT2D eigenvalue weighted by Crippen LogP contribution is 2.26. The Morgan fingerprint density at radius 3 is 2.74 bits per heavy atom. The Morgan fingerprint density at radius 2 is 2.00 bits per heavy atom. The molecular weight excluding hydrogens is 370 g/mol. The summed E-state index contributed by atoms with van der Waals surface area (Å²) >= 11 is 6.07. The molecule has 0 bridgehead atoms. The van der Waals surface area contributed by atoms with Gasteiger partial charge in [-0.3, -0.25) is 9.59 Å². The molecule has 0 aromatic heterocycles. The van der Waals surface area contributed by atoms with E-state index in [1.807, 2.05) is 0 Å². The van der Waals surface area contributed by atoms with E-state index >= 15 is 0 Å². The number of hydrogen-bond acceptors (Lipinski definition) is 4. The second-order valence-corrected chi connectivity index (χ2v) is 6.42. The molecule has 1 saturated heterocycles. The third-order valence-electron chi connectivity index (χ3n) is 4.33. The highest BCUT2D eigenvalue weighted by molar-refractivity contribution is 6.32. The number of carbonyl (C=O) groups is 3. The zero-order valence-electron chi connectivity index (χ0n) is 14.8. The van der Waals surface area contributed by atoms with E-state index in [0.717, 1.165) is 4.90 Å². The zero-order chi connectivity index (χ0) is 19.6. The summed E-state index contributed by atoms with van der Waals surface area (Å²) in [6.45, 7) is 1.69. The van der Waals surface area contributed by atoms with Crippen molar-refractivity contribution in [3.05, 3.63) is 53.1 Å². The van der Waals surface area contributed by atoms with Crippen molar-refractivity contribution in [3.63, 3.8) is 0 Å². The number of halogens is 1. The first-order valence-corrected chi connectivity index (χ1v) is 8.62. The molecule has 2 aromatic carbocycles. The van der Waals surface area contributed by atoms with Crippen LogP contribution in [0.15, 0.2) is 42.5 Å². The molecule has 1 aliphatic heterocycles. The first-order chi connectivity index (χ1) is 12.9. The number of ether oxygens (including phenoxy) is 1. The van der Waals surface area contributed by atoms with E-state index in [4.69, 9.17) is 16.3 Å². The summed E-state index contributed by atoms with van der Waals surface area (Å²) in [6, 6.07) is 11.0. The summed E-state index contributed by atoms with van der Waals surface area (Å²) in [4.78, 5) is 38.7. The maximum Gasteiger partial charge on any atom is 0.328 e. The lowest BCUT2D eigenvalue weighted by atomic mass is 10.0. The summed E-state index contributed by atoms with van der Waals surface area (Å²) < 4.78 is 5.13. The standard InChI is InChI=1S/C19H18ClN3O4/c1-11-15(20)7-4-8-16(11)22-17(24)14-10-21-19(26)23(18(14)25)12-5-3-6-13(9-12)27-2/h3-9,14H,10H2,1-2H3,(H,21,26)(H,22,24). The van der Waals surface area contributed by atoms with Crippen LogP contribution in [0.3, 0.4) is 0 Å². The van der Waals surface area contributed by atoms with Crippen LogP contribution >= 0.6 is 11.6 Å². The second-order valence-electron chi connectivity index (χ2n) is 6.02. The highest BCUT2D eigenvalue weighted by atomic mass is 35.5. The molecule has 1 aliphatic rings. The lowest BCUT2D eigenvalue weighted by molar-refractivity contribution is -0.130. The average molecular weight is 388 g/mol. The first-order valence-electron chi connectivity index (χ1n) is 8.24. The number of rotatable bonds is 4. The number of urea groups is 1. The van der Waals surface area contributed by atoms with E-state index < -0.39 is 23.8 Å². The third-order valence-corrected chi connectivity index (χ3v) is 4.74. The number of anilines is 2. The Bertz CT molecular complexity index is 916. The van der Waals surface area contributed by atoms with Crippen LogP contribution in [-0.2, 0) is 9.59 Å². The summed E-state index contributed by atoms with van der Waals surface area (Å²) in [5.41, 5.74) is 1.54. The fraction of sp³-hybridized carbons (Fsp3) is 0.211. The zero-order valence-corrected chi connectivity index (χ0v) is 15.5. The number of imide groups is 1. The lowest BCUT2D eigenvalue weighted by Gasteiger charge is -2.31. The van der Waals surface area contributed by atoms with Crippen LogP contribution in [0, 0.1) is 12.8 Å². The SMILES string of the molecule is COc1cccc(N2C(=O)NCC(C(=O)Nc3cccc(Cl)c3C)C2=O)c1.